The first-order valence-corrected chi connectivity index (χ1v) is 4.29. The van der Waals surface area contributed by atoms with Gasteiger partial charge in [-0.25, -0.2) is 0 Å². The smallest absolute Gasteiger partial charge is 0.0558 e. The molecule has 4 heteroatoms. The lowest BCUT2D eigenvalue weighted by atomic mass is 10.3. The predicted molar refractivity (Wildman–Crippen MR) is 52.8 cm³/mol. The van der Waals surface area contributed by atoms with Gasteiger partial charge in [0.15, 0.2) is 0 Å². The molecule has 0 aliphatic heterocycles. The van der Waals surface area contributed by atoms with E-state index in [0.717, 1.165) is 19.4 Å². The molecule has 2 N–H and O–H groups in total. The van der Waals surface area contributed by atoms with Gasteiger partial charge in [0.1, 0.15) is 0 Å². The molecule has 0 aromatic heterocycles. The van der Waals surface area contributed by atoms with Crippen molar-refractivity contribution in [3.8, 4) is 0 Å². The molecule has 0 unspecified atom stereocenters. The molecule has 0 aromatic rings. The number of halogens is 1. The SMILES string of the molecule is CCCCN(CCO)CCO.Cl. The molecule has 0 aromatic carbocycles. The summed E-state index contributed by atoms with van der Waals surface area (Å²) < 4.78 is 0. The third kappa shape index (κ3) is 8.27. The molecular formula is C8H20ClNO2. The predicted octanol–water partition coefficient (Wildman–Crippen LogP) is 0.495. The molecule has 0 aliphatic rings. The van der Waals surface area contributed by atoms with Crippen molar-refractivity contribution in [2.24, 2.45) is 0 Å². The van der Waals surface area contributed by atoms with Crippen LogP contribution in [0.5, 0.6) is 0 Å². The van der Waals surface area contributed by atoms with Crippen molar-refractivity contribution in [1.82, 2.24) is 4.90 Å². The van der Waals surface area contributed by atoms with Crippen molar-refractivity contribution >= 4 is 12.4 Å². The Hall–Kier alpha value is 0.170. The van der Waals surface area contributed by atoms with Crippen LogP contribution in [-0.2, 0) is 0 Å². The van der Waals surface area contributed by atoms with E-state index in [-0.39, 0.29) is 25.6 Å². The third-order valence-electron chi connectivity index (χ3n) is 1.66. The van der Waals surface area contributed by atoms with Gasteiger partial charge in [0.25, 0.3) is 0 Å². The van der Waals surface area contributed by atoms with Crippen LogP contribution in [-0.4, -0.2) is 48.0 Å². The summed E-state index contributed by atoms with van der Waals surface area (Å²) >= 11 is 0. The minimum Gasteiger partial charge on any atom is -0.395 e. The number of hydrogen-bond donors (Lipinski definition) is 2. The molecule has 0 bridgehead atoms. The van der Waals surface area contributed by atoms with Crippen LogP contribution >= 0.6 is 12.4 Å². The Labute approximate surface area is 80.8 Å². The van der Waals surface area contributed by atoms with Gasteiger partial charge in [-0.05, 0) is 13.0 Å². The fourth-order valence-corrected chi connectivity index (χ4v) is 1.000. The van der Waals surface area contributed by atoms with Crippen molar-refractivity contribution in [2.45, 2.75) is 19.8 Å². The second-order valence-electron chi connectivity index (χ2n) is 2.64. The lowest BCUT2D eigenvalue weighted by Crippen LogP contribution is -2.30. The van der Waals surface area contributed by atoms with Crippen LogP contribution in [0.3, 0.4) is 0 Å². The van der Waals surface area contributed by atoms with Crippen LogP contribution in [0.1, 0.15) is 19.8 Å². The molecule has 0 saturated carbocycles. The number of nitrogens with zero attached hydrogens (tertiary/aromatic N) is 1. The Balaban J connectivity index is 0. The minimum absolute atomic E-state index is 0. The number of rotatable bonds is 7. The maximum Gasteiger partial charge on any atom is 0.0558 e. The van der Waals surface area contributed by atoms with Gasteiger partial charge in [-0.1, -0.05) is 13.3 Å². The fourth-order valence-electron chi connectivity index (χ4n) is 1.000. The fraction of sp³-hybridized carbons (Fsp3) is 1.00. The summed E-state index contributed by atoms with van der Waals surface area (Å²) in [7, 11) is 0. The minimum atomic E-state index is 0. The van der Waals surface area contributed by atoms with Crippen molar-refractivity contribution in [2.75, 3.05) is 32.8 Å². The largest absolute Gasteiger partial charge is 0.395 e. The zero-order chi connectivity index (χ0) is 8.53. The van der Waals surface area contributed by atoms with Crippen LogP contribution in [0, 0.1) is 0 Å². The van der Waals surface area contributed by atoms with E-state index in [9.17, 15) is 0 Å². The maximum atomic E-state index is 8.64. The normalized spacial score (nSPS) is 10.0. The zero-order valence-corrected chi connectivity index (χ0v) is 8.52. The van der Waals surface area contributed by atoms with Gasteiger partial charge in [-0.15, -0.1) is 12.4 Å². The van der Waals surface area contributed by atoms with Gasteiger partial charge >= 0.3 is 0 Å². The van der Waals surface area contributed by atoms with Gasteiger partial charge in [0.2, 0.25) is 0 Å². The van der Waals surface area contributed by atoms with Crippen molar-refractivity contribution < 1.29 is 10.2 Å². The highest BCUT2D eigenvalue weighted by molar-refractivity contribution is 5.85. The van der Waals surface area contributed by atoms with E-state index < -0.39 is 0 Å². The summed E-state index contributed by atoms with van der Waals surface area (Å²) in [4.78, 5) is 2.07. The molecule has 0 atom stereocenters. The van der Waals surface area contributed by atoms with Crippen LogP contribution in [0.4, 0.5) is 0 Å². The number of aliphatic hydroxyl groups is 2. The Morgan fingerprint density at radius 3 is 1.83 bits per heavy atom. The topological polar surface area (TPSA) is 43.7 Å². The molecule has 12 heavy (non-hydrogen) atoms. The highest BCUT2D eigenvalue weighted by Crippen LogP contribution is 1.93. The van der Waals surface area contributed by atoms with Crippen molar-refractivity contribution in [3.05, 3.63) is 0 Å². The lowest BCUT2D eigenvalue weighted by molar-refractivity contribution is 0.159. The van der Waals surface area contributed by atoms with E-state index in [1.165, 1.54) is 0 Å². The van der Waals surface area contributed by atoms with Crippen LogP contribution < -0.4 is 0 Å². The third-order valence-corrected chi connectivity index (χ3v) is 1.66. The molecule has 3 nitrogen and oxygen atoms in total. The highest BCUT2D eigenvalue weighted by Gasteiger charge is 2.00. The molecule has 76 valence electrons. The summed E-state index contributed by atoms with van der Waals surface area (Å²) in [5.74, 6) is 0. The first-order chi connectivity index (χ1) is 5.35. The second kappa shape index (κ2) is 11.2. The van der Waals surface area contributed by atoms with Crippen molar-refractivity contribution in [1.29, 1.82) is 0 Å². The van der Waals surface area contributed by atoms with E-state index in [0.29, 0.717) is 13.1 Å². The summed E-state index contributed by atoms with van der Waals surface area (Å²) in [5, 5.41) is 17.3. The molecule has 0 amide bonds. The molecular weight excluding hydrogens is 178 g/mol. The van der Waals surface area contributed by atoms with E-state index in [4.69, 9.17) is 10.2 Å². The first kappa shape index (κ1) is 14.7. The molecule has 0 fully saturated rings. The average molecular weight is 198 g/mol. The highest BCUT2D eigenvalue weighted by atomic mass is 35.5. The Morgan fingerprint density at radius 2 is 1.50 bits per heavy atom. The standard InChI is InChI=1S/C8H19NO2.ClH/c1-2-3-4-9(5-7-10)6-8-11;/h10-11H,2-8H2,1H3;1H. The molecule has 0 radical (unpaired) electrons. The first-order valence-electron chi connectivity index (χ1n) is 4.29. The molecule has 0 saturated heterocycles. The summed E-state index contributed by atoms with van der Waals surface area (Å²) in [6.07, 6.45) is 2.30. The molecule has 0 rings (SSSR count). The number of aliphatic hydroxyl groups excluding tert-OH is 2. The number of hydrogen-bond acceptors (Lipinski definition) is 3. The van der Waals surface area contributed by atoms with Gasteiger partial charge in [0.05, 0.1) is 13.2 Å². The van der Waals surface area contributed by atoms with Gasteiger partial charge < -0.3 is 10.2 Å². The lowest BCUT2D eigenvalue weighted by Gasteiger charge is -2.19. The van der Waals surface area contributed by atoms with E-state index >= 15 is 0 Å². The summed E-state index contributed by atoms with van der Waals surface area (Å²) in [6, 6.07) is 0. The Bertz CT molecular complexity index is 77.5. The Kier molecular flexibility index (Phi) is 13.7. The van der Waals surface area contributed by atoms with Gasteiger partial charge in [-0.2, -0.15) is 0 Å². The second-order valence-corrected chi connectivity index (χ2v) is 2.64. The molecule has 0 spiro atoms. The molecule has 0 aliphatic carbocycles. The van der Waals surface area contributed by atoms with Crippen LogP contribution in [0.2, 0.25) is 0 Å². The van der Waals surface area contributed by atoms with Gasteiger partial charge in [0, 0.05) is 13.1 Å². The average Bonchev–Trinajstić information content (AvgIpc) is 2.01. The van der Waals surface area contributed by atoms with E-state index in [1.54, 1.807) is 0 Å². The number of unbranched alkanes of at least 4 members (excludes halogenated alkanes) is 1. The zero-order valence-electron chi connectivity index (χ0n) is 7.70. The van der Waals surface area contributed by atoms with Gasteiger partial charge in [-0.3, -0.25) is 4.90 Å². The van der Waals surface area contributed by atoms with E-state index in [2.05, 4.69) is 11.8 Å². The van der Waals surface area contributed by atoms with Crippen LogP contribution in [0.15, 0.2) is 0 Å². The maximum absolute atomic E-state index is 8.64. The summed E-state index contributed by atoms with van der Waals surface area (Å²) in [5.41, 5.74) is 0. The van der Waals surface area contributed by atoms with Crippen LogP contribution in [0.25, 0.3) is 0 Å². The summed E-state index contributed by atoms with van der Waals surface area (Å²) in [6.45, 7) is 4.85. The molecule has 0 heterocycles. The quantitative estimate of drug-likeness (QED) is 0.625. The van der Waals surface area contributed by atoms with Crippen molar-refractivity contribution in [3.63, 3.8) is 0 Å². The monoisotopic (exact) mass is 197 g/mol. The van der Waals surface area contributed by atoms with E-state index in [1.807, 2.05) is 0 Å². The Morgan fingerprint density at radius 1 is 1.00 bits per heavy atom.